The molecule has 2 aromatic heterocycles. The van der Waals surface area contributed by atoms with Gasteiger partial charge in [0.1, 0.15) is 0 Å². The Labute approximate surface area is 227 Å². The van der Waals surface area contributed by atoms with Gasteiger partial charge in [0.2, 0.25) is 0 Å². The van der Waals surface area contributed by atoms with Gasteiger partial charge in [-0.2, -0.15) is 0 Å². The topological polar surface area (TPSA) is 51.6 Å². The predicted octanol–water partition coefficient (Wildman–Crippen LogP) is 9.01. The Bertz CT molecular complexity index is 1920. The first-order valence-corrected chi connectivity index (χ1v) is 23.4. The summed E-state index contributed by atoms with van der Waals surface area (Å²) in [5.74, 6) is 2.02. The van der Waals surface area contributed by atoms with Gasteiger partial charge in [-0.05, 0) is 0 Å². The van der Waals surface area contributed by atoms with E-state index in [1.807, 2.05) is 36.9 Å². The Morgan fingerprint density at radius 3 is 1.46 bits per heavy atom. The van der Waals surface area contributed by atoms with Gasteiger partial charge in [0, 0.05) is 0 Å². The van der Waals surface area contributed by atoms with Crippen LogP contribution in [0.1, 0.15) is 74.0 Å². The van der Waals surface area contributed by atoms with Crippen LogP contribution in [0, 0.1) is 5.41 Å². The van der Waals surface area contributed by atoms with Gasteiger partial charge >= 0.3 is 228 Å². The summed E-state index contributed by atoms with van der Waals surface area (Å²) in [6, 6.07) is 3.98. The summed E-state index contributed by atoms with van der Waals surface area (Å²) in [7, 11) is 3.33. The van der Waals surface area contributed by atoms with Gasteiger partial charge in [0.15, 0.2) is 0 Å². The predicted molar refractivity (Wildman–Crippen MR) is 160 cm³/mol. The van der Waals surface area contributed by atoms with E-state index in [0.29, 0.717) is 28.7 Å². The van der Waals surface area contributed by atoms with Crippen LogP contribution in [0.2, 0.25) is 46.7 Å². The Kier molecular flexibility index (Phi) is 1.75. The average molecular weight is 603 g/mol. The number of nitrogens with zero attached hydrogens (tertiary/aromatic N) is 4. The van der Waals surface area contributed by atoms with E-state index in [-0.39, 0.29) is 13.1 Å². The monoisotopic (exact) mass is 602 g/mol. The maximum atomic E-state index is 5.13. The first-order valence-electron chi connectivity index (χ1n) is 15.2. The number of hydrogen-bond acceptors (Lipinski definition) is 4. The molecule has 12 rings (SSSR count). The molecule has 0 N–H and O–H groups in total. The number of rotatable bonds is 5. The van der Waals surface area contributed by atoms with Crippen molar-refractivity contribution in [2.24, 2.45) is 5.41 Å². The first-order chi connectivity index (χ1) is 17.9. The fourth-order valence-electron chi connectivity index (χ4n) is 24.2. The molecule has 6 atom stereocenters. The zero-order chi connectivity index (χ0) is 27.4. The molecule has 0 aliphatic carbocycles. The van der Waals surface area contributed by atoms with E-state index >= 15 is 0 Å². The summed E-state index contributed by atoms with van der Waals surface area (Å²) in [6.07, 6.45) is 9.45. The third-order valence-electron chi connectivity index (χ3n) is 20.8. The molecule has 0 amide bonds. The Hall–Kier alpha value is -0.461. The van der Waals surface area contributed by atoms with Crippen molar-refractivity contribution in [3.63, 3.8) is 0 Å². The molecule has 10 saturated heterocycles. The van der Waals surface area contributed by atoms with Gasteiger partial charge in [-0.15, -0.1) is 0 Å². The summed E-state index contributed by atoms with van der Waals surface area (Å²) in [6.45, 7) is 19.1. The third kappa shape index (κ3) is 0.518. The van der Waals surface area contributed by atoms with Crippen LogP contribution in [0.5, 0.6) is 0 Å². The minimum absolute atomic E-state index is 0.180. The molecular weight excluding hydrogens is 558 g/mol. The average Bonchev–Trinajstić information content (AvgIpc) is 3.80. The van der Waals surface area contributed by atoms with Crippen molar-refractivity contribution in [3.8, 4) is 0 Å². The summed E-state index contributed by atoms with van der Waals surface area (Å²) < 4.78 is 1.64. The second-order valence-electron chi connectivity index (χ2n) is 20.1. The molecule has 0 saturated carbocycles. The second-order valence-corrected chi connectivity index (χ2v) is 47.8. The molecule has 0 radical (unpaired) electrons. The molecule has 6 unspecified atom stereocenters. The van der Waals surface area contributed by atoms with Crippen LogP contribution in [0.25, 0.3) is 0 Å². The zero-order valence-electron chi connectivity index (χ0n) is 24.9. The Morgan fingerprint density at radius 2 is 1.13 bits per heavy atom. The normalized spacial score (nSPS) is 64.3. The molecule has 0 bridgehead atoms. The Balaban J connectivity index is 1.24. The number of fused-ring (bicyclic) bond motifs is 10. The standard InChI is InChI=1S/C27H39N4P2.C5H5.Fe/c1-24(2,3)20-16-19(18-33(25(4,5)6)26(7,8)9)21(17-20)27(32,22-28-12-10-13-29-22)23-30-14-11-15-31-23;1-2-4-5-3-1;/h10-17H,18,32H2,1-9H3;1-5H;. The molecule has 7 heteroatoms. The molecule has 12 heterocycles. The van der Waals surface area contributed by atoms with Crippen molar-refractivity contribution >= 4 is 17.2 Å². The van der Waals surface area contributed by atoms with Gasteiger partial charge in [-0.1, -0.05) is 0 Å². The van der Waals surface area contributed by atoms with Crippen LogP contribution in [-0.4, -0.2) is 36.4 Å². The molecule has 1 spiro atoms. The third-order valence-corrected chi connectivity index (χ3v) is 70.9. The molecule has 10 fully saturated rings. The van der Waals surface area contributed by atoms with E-state index in [0.717, 1.165) is 45.4 Å². The van der Waals surface area contributed by atoms with E-state index in [4.69, 9.17) is 19.9 Å². The van der Waals surface area contributed by atoms with Crippen molar-refractivity contribution < 1.29 is 6.51 Å². The van der Waals surface area contributed by atoms with Crippen LogP contribution in [0.4, 0.5) is 0 Å². The molecule has 0 aromatic carbocycles. The van der Waals surface area contributed by atoms with E-state index < -0.39 is 6.51 Å². The minimum atomic E-state index is -4.28. The molecule has 2 aromatic rings. The van der Waals surface area contributed by atoms with Gasteiger partial charge in [-0.25, -0.2) is 0 Å². The van der Waals surface area contributed by atoms with Gasteiger partial charge in [-0.3, -0.25) is 0 Å². The van der Waals surface area contributed by atoms with Crippen molar-refractivity contribution in [3.05, 3.63) is 48.6 Å². The van der Waals surface area contributed by atoms with Gasteiger partial charge in [0.05, 0.1) is 0 Å². The van der Waals surface area contributed by atoms with Crippen molar-refractivity contribution in [2.75, 3.05) is 6.16 Å². The molecular formula is C32H44FeN4P2. The number of hydrogen-bond donors (Lipinski definition) is 0. The van der Waals surface area contributed by atoms with E-state index in [2.05, 4.69) is 71.6 Å². The zero-order valence-corrected chi connectivity index (χ0v) is 28.0. The fourth-order valence-corrected chi connectivity index (χ4v) is 117. The maximum absolute atomic E-state index is 5.13. The van der Waals surface area contributed by atoms with Crippen LogP contribution >= 0.6 is 17.2 Å². The van der Waals surface area contributed by atoms with E-state index in [1.165, 1.54) is 6.16 Å². The number of aromatic nitrogens is 4. The Morgan fingerprint density at radius 1 is 0.718 bits per heavy atom. The second kappa shape index (κ2) is 3.08. The van der Waals surface area contributed by atoms with Crippen LogP contribution in [-0.2, 0) is 11.7 Å². The molecule has 39 heavy (non-hydrogen) atoms. The summed E-state index contributed by atoms with van der Waals surface area (Å²) in [4.78, 5) is 28.3. The molecule has 4 nitrogen and oxygen atoms in total. The van der Waals surface area contributed by atoms with Crippen molar-refractivity contribution in [1.82, 2.24) is 19.9 Å². The quantitative estimate of drug-likeness (QED) is 0.253. The molecule has 10 aliphatic rings. The van der Waals surface area contributed by atoms with Gasteiger partial charge < -0.3 is 0 Å². The van der Waals surface area contributed by atoms with Crippen LogP contribution in [0.15, 0.2) is 36.9 Å². The van der Waals surface area contributed by atoms with E-state index in [1.54, 1.807) is 0 Å². The molecule has 210 valence electrons. The van der Waals surface area contributed by atoms with Crippen LogP contribution in [0.3, 0.4) is 0 Å². The first kappa shape index (κ1) is 22.1. The van der Waals surface area contributed by atoms with Crippen LogP contribution < -0.4 is 0 Å². The SMILES string of the molecule is CC(C)(C)P(C[C]12[CH]3[C]4(C(C)(C)C)[CH]5[C]1(C(P)(c1ncccn1)c1ncccn1)[Fe]35241678[CH]2[CH]1[CH]6[CH]7[CH]28)C(C)(C)C. The summed E-state index contributed by atoms with van der Waals surface area (Å²) in [5.41, 5.74) is 0.412. The summed E-state index contributed by atoms with van der Waals surface area (Å²) >= 11 is 0. The van der Waals surface area contributed by atoms with E-state index in [9.17, 15) is 0 Å². The van der Waals surface area contributed by atoms with Crippen molar-refractivity contribution in [1.29, 1.82) is 0 Å². The van der Waals surface area contributed by atoms with Crippen molar-refractivity contribution in [2.45, 2.75) is 124 Å². The molecule has 10 aliphatic heterocycles. The fraction of sp³-hybridized carbons (Fsp3) is 0.750. The van der Waals surface area contributed by atoms with Gasteiger partial charge in [0.25, 0.3) is 0 Å². The summed E-state index contributed by atoms with van der Waals surface area (Å²) in [5, 5.41) is 0.344.